The molecule has 6 nitrogen and oxygen atoms in total. The highest BCUT2D eigenvalue weighted by atomic mass is 16.6. The van der Waals surface area contributed by atoms with Crippen LogP contribution >= 0.6 is 0 Å². The average Bonchev–Trinajstić information content (AvgIpc) is 2.23. The Morgan fingerprint density at radius 3 is 2.40 bits per heavy atom. The van der Waals surface area contributed by atoms with Gasteiger partial charge in [-0.25, -0.2) is 0 Å². The molecule has 0 aromatic heterocycles. The second-order valence-electron chi connectivity index (χ2n) is 3.74. The molecular weight excluding hydrogens is 204 g/mol. The maximum Gasteiger partial charge on any atom is 0.115 e. The molecule has 1 fully saturated rings. The van der Waals surface area contributed by atoms with Crippen molar-refractivity contribution < 1.29 is 29.9 Å². The highest BCUT2D eigenvalue weighted by Crippen LogP contribution is 2.24. The zero-order valence-corrected chi connectivity index (χ0v) is 8.78. The van der Waals surface area contributed by atoms with Crippen LogP contribution in [-0.4, -0.2) is 70.8 Å². The smallest absolute Gasteiger partial charge is 0.115 e. The summed E-state index contributed by atoms with van der Waals surface area (Å²) in [5, 5.41) is 37.5. The van der Waals surface area contributed by atoms with Gasteiger partial charge in [0.25, 0.3) is 0 Å². The molecule has 0 bridgehead atoms. The Balaban J connectivity index is 2.75. The van der Waals surface area contributed by atoms with E-state index >= 15 is 0 Å². The van der Waals surface area contributed by atoms with Crippen LogP contribution in [0.5, 0.6) is 0 Å². The molecule has 0 radical (unpaired) electrons. The molecule has 6 atom stereocenters. The lowest BCUT2D eigenvalue weighted by Crippen LogP contribution is -2.61. The molecule has 0 amide bonds. The van der Waals surface area contributed by atoms with Crippen LogP contribution in [-0.2, 0) is 9.47 Å². The van der Waals surface area contributed by atoms with Crippen LogP contribution in [0.25, 0.3) is 0 Å². The summed E-state index contributed by atoms with van der Waals surface area (Å²) in [4.78, 5) is 0. The molecular formula is C9H18O6. The monoisotopic (exact) mass is 222 g/mol. The Hall–Kier alpha value is -0.240. The Morgan fingerprint density at radius 2 is 1.93 bits per heavy atom. The molecule has 2 unspecified atom stereocenters. The van der Waals surface area contributed by atoms with Gasteiger partial charge in [0.1, 0.15) is 30.5 Å². The van der Waals surface area contributed by atoms with E-state index in [4.69, 9.17) is 14.6 Å². The summed E-state index contributed by atoms with van der Waals surface area (Å²) in [7, 11) is 1.36. The van der Waals surface area contributed by atoms with Gasteiger partial charge in [0.2, 0.25) is 0 Å². The first-order valence-corrected chi connectivity index (χ1v) is 4.86. The number of hydrogen-bond acceptors (Lipinski definition) is 6. The fraction of sp³-hybridized carbons (Fsp3) is 1.00. The first-order valence-electron chi connectivity index (χ1n) is 4.86. The predicted octanol–water partition coefficient (Wildman–Crippen LogP) is -2.14. The van der Waals surface area contributed by atoms with Gasteiger partial charge >= 0.3 is 0 Å². The molecule has 4 N–H and O–H groups in total. The normalized spacial score (nSPS) is 44.0. The summed E-state index contributed by atoms with van der Waals surface area (Å²) in [5.41, 5.74) is 0. The summed E-state index contributed by atoms with van der Waals surface area (Å²) in [6.45, 7) is 1.10. The minimum absolute atomic E-state index is 0.513. The maximum atomic E-state index is 9.74. The summed E-state index contributed by atoms with van der Waals surface area (Å²) >= 11 is 0. The Labute approximate surface area is 88.1 Å². The number of aliphatic hydroxyl groups is 4. The summed E-state index contributed by atoms with van der Waals surface area (Å²) < 4.78 is 10.1. The molecule has 1 saturated heterocycles. The second kappa shape index (κ2) is 5.20. The van der Waals surface area contributed by atoms with Gasteiger partial charge in [-0.1, -0.05) is 0 Å². The van der Waals surface area contributed by atoms with Crippen LogP contribution in [0.4, 0.5) is 0 Å². The lowest BCUT2D eigenvalue weighted by molar-refractivity contribution is -0.247. The third-order valence-corrected chi connectivity index (χ3v) is 2.70. The highest BCUT2D eigenvalue weighted by Gasteiger charge is 2.45. The summed E-state index contributed by atoms with van der Waals surface area (Å²) in [6, 6.07) is 0. The van der Waals surface area contributed by atoms with Crippen molar-refractivity contribution in [1.29, 1.82) is 0 Å². The zero-order valence-electron chi connectivity index (χ0n) is 8.78. The van der Waals surface area contributed by atoms with E-state index in [1.165, 1.54) is 7.11 Å². The third kappa shape index (κ3) is 2.47. The molecule has 0 saturated carbocycles. The van der Waals surface area contributed by atoms with E-state index in [0.717, 1.165) is 0 Å². The van der Waals surface area contributed by atoms with E-state index < -0.39 is 43.2 Å². The number of aliphatic hydroxyl groups excluding tert-OH is 4. The standard InChI is InChI=1S/C9H18O6/c1-4-6(12)9(14-2)7(13)8(15-4)5(11)3-10/h4-13H,3H2,1-2H3/t4-,5-,6?,7-,8?,9-/m1/s1. The molecule has 0 aliphatic carbocycles. The minimum atomic E-state index is -1.19. The average molecular weight is 222 g/mol. The zero-order chi connectivity index (χ0) is 11.6. The lowest BCUT2D eigenvalue weighted by atomic mass is 9.93. The van der Waals surface area contributed by atoms with Crippen LogP contribution in [0, 0.1) is 0 Å². The number of rotatable bonds is 3. The van der Waals surface area contributed by atoms with E-state index in [-0.39, 0.29) is 0 Å². The van der Waals surface area contributed by atoms with Crippen molar-refractivity contribution in [3.05, 3.63) is 0 Å². The number of methoxy groups -OCH3 is 1. The molecule has 0 aromatic carbocycles. The SMILES string of the molecule is CO[C@@H]1C(O)[C@@H](C)OC([C@H](O)CO)[C@H]1O. The van der Waals surface area contributed by atoms with Gasteiger partial charge in [-0.05, 0) is 6.92 Å². The first-order chi connectivity index (χ1) is 7.02. The maximum absolute atomic E-state index is 9.74. The Morgan fingerprint density at radius 1 is 1.33 bits per heavy atom. The van der Waals surface area contributed by atoms with E-state index in [0.29, 0.717) is 0 Å². The van der Waals surface area contributed by atoms with Crippen LogP contribution in [0.15, 0.2) is 0 Å². The van der Waals surface area contributed by atoms with E-state index in [2.05, 4.69) is 0 Å². The van der Waals surface area contributed by atoms with Gasteiger partial charge in [0, 0.05) is 7.11 Å². The largest absolute Gasteiger partial charge is 0.394 e. The molecule has 1 heterocycles. The van der Waals surface area contributed by atoms with Gasteiger partial charge in [-0.3, -0.25) is 0 Å². The van der Waals surface area contributed by atoms with Crippen LogP contribution < -0.4 is 0 Å². The van der Waals surface area contributed by atoms with Gasteiger partial charge in [-0.15, -0.1) is 0 Å². The predicted molar refractivity (Wildman–Crippen MR) is 50.2 cm³/mol. The molecule has 1 aliphatic rings. The van der Waals surface area contributed by atoms with Crippen molar-refractivity contribution in [1.82, 2.24) is 0 Å². The summed E-state index contributed by atoms with van der Waals surface area (Å²) in [5.74, 6) is 0. The minimum Gasteiger partial charge on any atom is -0.394 e. The van der Waals surface area contributed by atoms with Crippen LogP contribution in [0.3, 0.4) is 0 Å². The first kappa shape index (κ1) is 12.8. The second-order valence-corrected chi connectivity index (χ2v) is 3.74. The Bertz CT molecular complexity index is 199. The van der Waals surface area contributed by atoms with Gasteiger partial charge in [-0.2, -0.15) is 0 Å². The Kier molecular flexibility index (Phi) is 4.45. The molecule has 1 rings (SSSR count). The molecule has 0 aromatic rings. The van der Waals surface area contributed by atoms with Gasteiger partial charge in [0.05, 0.1) is 12.7 Å². The quantitative estimate of drug-likeness (QED) is 0.435. The van der Waals surface area contributed by atoms with Crippen molar-refractivity contribution in [2.24, 2.45) is 0 Å². The van der Waals surface area contributed by atoms with Crippen molar-refractivity contribution in [3.8, 4) is 0 Å². The molecule has 15 heavy (non-hydrogen) atoms. The topological polar surface area (TPSA) is 99.4 Å². The van der Waals surface area contributed by atoms with E-state index in [1.54, 1.807) is 6.92 Å². The lowest BCUT2D eigenvalue weighted by Gasteiger charge is -2.42. The molecule has 90 valence electrons. The van der Waals surface area contributed by atoms with Gasteiger partial charge < -0.3 is 29.9 Å². The van der Waals surface area contributed by atoms with Gasteiger partial charge in [0.15, 0.2) is 0 Å². The van der Waals surface area contributed by atoms with Crippen molar-refractivity contribution in [2.45, 2.75) is 43.5 Å². The third-order valence-electron chi connectivity index (χ3n) is 2.70. The van der Waals surface area contributed by atoms with E-state index in [1.807, 2.05) is 0 Å². The van der Waals surface area contributed by atoms with E-state index in [9.17, 15) is 15.3 Å². The fourth-order valence-corrected chi connectivity index (χ4v) is 1.77. The van der Waals surface area contributed by atoms with Crippen molar-refractivity contribution >= 4 is 0 Å². The number of hydrogen-bond donors (Lipinski definition) is 4. The molecule has 0 spiro atoms. The van der Waals surface area contributed by atoms with Crippen molar-refractivity contribution in [3.63, 3.8) is 0 Å². The molecule has 6 heteroatoms. The fourth-order valence-electron chi connectivity index (χ4n) is 1.77. The number of ether oxygens (including phenoxy) is 2. The van der Waals surface area contributed by atoms with Crippen LogP contribution in [0.2, 0.25) is 0 Å². The molecule has 1 aliphatic heterocycles. The highest BCUT2D eigenvalue weighted by molar-refractivity contribution is 4.94. The van der Waals surface area contributed by atoms with Crippen molar-refractivity contribution in [2.75, 3.05) is 13.7 Å². The summed E-state index contributed by atoms with van der Waals surface area (Å²) in [6.07, 6.45) is -5.63. The van der Waals surface area contributed by atoms with Crippen LogP contribution in [0.1, 0.15) is 6.92 Å².